The highest BCUT2D eigenvalue weighted by Crippen LogP contribution is 2.22. The highest BCUT2D eigenvalue weighted by atomic mass is 79.9. The van der Waals surface area contributed by atoms with E-state index in [0.717, 1.165) is 36.6 Å². The molecule has 0 aliphatic rings. The van der Waals surface area contributed by atoms with Crippen LogP contribution in [0.4, 0.5) is 8.78 Å². The Bertz CT molecular complexity index is 1240. The zero-order valence-electron chi connectivity index (χ0n) is 21.7. The van der Waals surface area contributed by atoms with Gasteiger partial charge in [0.1, 0.15) is 17.7 Å². The standard InChI is InChI=1S/C29H32BrF2N3O3/c1-4-8-35(9-5-2)29(38)21-11-18(3)10-20(15-21)28(37)34-26(14-19-12-23(31)16-24(32)13-19)27(36)25-7-6-22(30)17-33-25/h6-7,10-13,15-17,26-27,36H,4-5,8-9,14H2,1-3H3,(H,34,37). The molecule has 2 aromatic carbocycles. The minimum Gasteiger partial charge on any atom is -0.385 e. The van der Waals surface area contributed by atoms with Crippen LogP contribution in [0.3, 0.4) is 0 Å². The summed E-state index contributed by atoms with van der Waals surface area (Å²) >= 11 is 3.30. The van der Waals surface area contributed by atoms with Crippen LogP contribution >= 0.6 is 15.9 Å². The second-order valence-corrected chi connectivity index (χ2v) is 10.2. The lowest BCUT2D eigenvalue weighted by atomic mass is 9.97. The Labute approximate surface area is 230 Å². The fourth-order valence-electron chi connectivity index (χ4n) is 4.32. The minimum absolute atomic E-state index is 0.0578. The molecule has 0 aliphatic carbocycles. The van der Waals surface area contributed by atoms with Gasteiger partial charge in [0, 0.05) is 41.0 Å². The summed E-state index contributed by atoms with van der Waals surface area (Å²) in [4.78, 5) is 32.5. The van der Waals surface area contributed by atoms with Crippen molar-refractivity contribution >= 4 is 27.7 Å². The van der Waals surface area contributed by atoms with Gasteiger partial charge in [0.15, 0.2) is 0 Å². The van der Waals surface area contributed by atoms with Crippen LogP contribution in [0, 0.1) is 18.6 Å². The number of carbonyl (C=O) groups excluding carboxylic acids is 2. The normalized spacial score (nSPS) is 12.6. The van der Waals surface area contributed by atoms with Crippen molar-refractivity contribution in [1.29, 1.82) is 0 Å². The van der Waals surface area contributed by atoms with Crippen LogP contribution in [-0.2, 0) is 6.42 Å². The fraction of sp³-hybridized carbons (Fsp3) is 0.345. The first-order valence-electron chi connectivity index (χ1n) is 12.6. The van der Waals surface area contributed by atoms with Crippen LogP contribution in [0.25, 0.3) is 0 Å². The van der Waals surface area contributed by atoms with E-state index in [1.54, 1.807) is 36.1 Å². The van der Waals surface area contributed by atoms with E-state index in [0.29, 0.717) is 23.1 Å². The molecule has 2 unspecified atom stereocenters. The van der Waals surface area contributed by atoms with Crippen molar-refractivity contribution in [2.24, 2.45) is 0 Å². The number of aliphatic hydroxyl groups is 1. The Balaban J connectivity index is 1.92. The third kappa shape index (κ3) is 7.91. The minimum atomic E-state index is -1.27. The molecule has 0 radical (unpaired) electrons. The molecule has 6 nitrogen and oxygen atoms in total. The number of aryl methyl sites for hydroxylation is 1. The molecule has 2 N–H and O–H groups in total. The van der Waals surface area contributed by atoms with Gasteiger partial charge in [-0.2, -0.15) is 0 Å². The summed E-state index contributed by atoms with van der Waals surface area (Å²) in [7, 11) is 0. The van der Waals surface area contributed by atoms with Crippen molar-refractivity contribution < 1.29 is 23.5 Å². The van der Waals surface area contributed by atoms with E-state index in [4.69, 9.17) is 0 Å². The van der Waals surface area contributed by atoms with Gasteiger partial charge in [0.25, 0.3) is 11.8 Å². The zero-order valence-corrected chi connectivity index (χ0v) is 23.3. The quantitative estimate of drug-likeness (QED) is 0.298. The molecule has 3 rings (SSSR count). The van der Waals surface area contributed by atoms with Gasteiger partial charge in [0.05, 0.1) is 11.7 Å². The number of carbonyl (C=O) groups is 2. The summed E-state index contributed by atoms with van der Waals surface area (Å²) < 4.78 is 28.4. The lowest BCUT2D eigenvalue weighted by Crippen LogP contribution is -2.41. The SMILES string of the molecule is CCCN(CCC)C(=O)c1cc(C)cc(C(=O)NC(Cc2cc(F)cc(F)c2)C(O)c2ccc(Br)cn2)c1. The summed E-state index contributed by atoms with van der Waals surface area (Å²) in [6.45, 7) is 7.02. The molecule has 0 aliphatic heterocycles. The van der Waals surface area contributed by atoms with Crippen molar-refractivity contribution in [3.8, 4) is 0 Å². The predicted molar refractivity (Wildman–Crippen MR) is 146 cm³/mol. The van der Waals surface area contributed by atoms with E-state index >= 15 is 0 Å². The lowest BCUT2D eigenvalue weighted by molar-refractivity contribution is 0.0755. The third-order valence-electron chi connectivity index (χ3n) is 5.99. The van der Waals surface area contributed by atoms with Crippen molar-refractivity contribution in [3.63, 3.8) is 0 Å². The van der Waals surface area contributed by atoms with Crippen molar-refractivity contribution in [1.82, 2.24) is 15.2 Å². The fourth-order valence-corrected chi connectivity index (χ4v) is 4.55. The van der Waals surface area contributed by atoms with Crippen LogP contribution in [0.15, 0.2) is 59.2 Å². The molecular weight excluding hydrogens is 556 g/mol. The summed E-state index contributed by atoms with van der Waals surface area (Å²) in [5, 5.41) is 13.9. The number of amides is 2. The molecule has 2 atom stereocenters. The molecule has 9 heteroatoms. The predicted octanol–water partition coefficient (Wildman–Crippen LogP) is 5.77. The molecule has 38 heavy (non-hydrogen) atoms. The third-order valence-corrected chi connectivity index (χ3v) is 6.46. The largest absolute Gasteiger partial charge is 0.385 e. The van der Waals surface area contributed by atoms with Crippen molar-refractivity contribution in [3.05, 3.63) is 98.8 Å². The number of hydrogen-bond donors (Lipinski definition) is 2. The number of nitrogens with one attached hydrogen (secondary N) is 1. The first-order valence-corrected chi connectivity index (χ1v) is 13.4. The average Bonchev–Trinajstić information content (AvgIpc) is 2.86. The van der Waals surface area contributed by atoms with Crippen LogP contribution in [-0.4, -0.2) is 45.9 Å². The number of aromatic nitrogens is 1. The smallest absolute Gasteiger partial charge is 0.253 e. The first kappa shape index (κ1) is 29.4. The summed E-state index contributed by atoms with van der Waals surface area (Å²) in [6, 6.07) is 10.3. The molecule has 3 aromatic rings. The molecule has 0 fully saturated rings. The van der Waals surface area contributed by atoms with Crippen molar-refractivity contribution in [2.75, 3.05) is 13.1 Å². The van der Waals surface area contributed by atoms with Gasteiger partial charge in [-0.05, 0) is 95.7 Å². The molecule has 0 saturated heterocycles. The van der Waals surface area contributed by atoms with Gasteiger partial charge in [-0.25, -0.2) is 8.78 Å². The van der Waals surface area contributed by atoms with E-state index in [9.17, 15) is 23.5 Å². The second kappa shape index (κ2) is 13.6. The van der Waals surface area contributed by atoms with Gasteiger partial charge in [-0.15, -0.1) is 0 Å². The van der Waals surface area contributed by atoms with Crippen LogP contribution < -0.4 is 5.32 Å². The Hall–Kier alpha value is -3.17. The number of pyridine rings is 1. The molecule has 2 amide bonds. The Morgan fingerprint density at radius 3 is 2.21 bits per heavy atom. The van der Waals surface area contributed by atoms with E-state index in [1.165, 1.54) is 12.3 Å². The Kier molecular flexibility index (Phi) is 10.5. The van der Waals surface area contributed by atoms with E-state index in [-0.39, 0.29) is 29.1 Å². The Morgan fingerprint density at radius 1 is 1.00 bits per heavy atom. The average molecular weight is 588 g/mol. The van der Waals surface area contributed by atoms with Gasteiger partial charge in [0.2, 0.25) is 0 Å². The molecule has 1 aromatic heterocycles. The van der Waals surface area contributed by atoms with Crippen LogP contribution in [0.2, 0.25) is 0 Å². The summed E-state index contributed by atoms with van der Waals surface area (Å²) in [5.74, 6) is -2.20. The first-order chi connectivity index (χ1) is 18.1. The van der Waals surface area contributed by atoms with E-state index < -0.39 is 29.7 Å². The summed E-state index contributed by atoms with van der Waals surface area (Å²) in [5.41, 5.74) is 1.92. The van der Waals surface area contributed by atoms with Gasteiger partial charge in [-0.3, -0.25) is 14.6 Å². The number of hydrogen-bond acceptors (Lipinski definition) is 4. The lowest BCUT2D eigenvalue weighted by Gasteiger charge is -2.25. The zero-order chi connectivity index (χ0) is 27.8. The topological polar surface area (TPSA) is 82.5 Å². The number of aliphatic hydroxyl groups excluding tert-OH is 1. The maximum absolute atomic E-state index is 13.9. The van der Waals surface area contributed by atoms with Crippen LogP contribution in [0.1, 0.15) is 70.3 Å². The number of halogens is 3. The summed E-state index contributed by atoms with van der Waals surface area (Å²) in [6.07, 6.45) is 1.81. The molecule has 1 heterocycles. The van der Waals surface area contributed by atoms with Crippen molar-refractivity contribution in [2.45, 2.75) is 52.2 Å². The number of rotatable bonds is 11. The molecular formula is C29H32BrF2N3O3. The molecule has 0 bridgehead atoms. The highest BCUT2D eigenvalue weighted by Gasteiger charge is 2.26. The number of nitrogens with zero attached hydrogens (tertiary/aromatic N) is 2. The highest BCUT2D eigenvalue weighted by molar-refractivity contribution is 9.10. The Morgan fingerprint density at radius 2 is 1.63 bits per heavy atom. The second-order valence-electron chi connectivity index (χ2n) is 9.29. The van der Waals surface area contributed by atoms with E-state index in [1.807, 2.05) is 13.8 Å². The van der Waals surface area contributed by atoms with Gasteiger partial charge < -0.3 is 15.3 Å². The molecule has 202 valence electrons. The van der Waals surface area contributed by atoms with E-state index in [2.05, 4.69) is 26.2 Å². The molecule has 0 saturated carbocycles. The number of benzene rings is 2. The maximum Gasteiger partial charge on any atom is 0.253 e. The van der Waals surface area contributed by atoms with Gasteiger partial charge >= 0.3 is 0 Å². The molecule has 0 spiro atoms. The maximum atomic E-state index is 13.9. The van der Waals surface area contributed by atoms with Crippen LogP contribution in [0.5, 0.6) is 0 Å². The monoisotopic (exact) mass is 587 g/mol. The van der Waals surface area contributed by atoms with Gasteiger partial charge in [-0.1, -0.05) is 13.8 Å².